The second-order valence-electron chi connectivity index (χ2n) is 4.68. The van der Waals surface area contributed by atoms with Crippen molar-refractivity contribution < 1.29 is 14.0 Å². The number of carbonyl (C=O) groups is 2. The van der Waals surface area contributed by atoms with Gasteiger partial charge in [0.15, 0.2) is 0 Å². The van der Waals surface area contributed by atoms with Gasteiger partial charge >= 0.3 is 6.03 Å². The molecule has 0 fully saturated rings. The number of hydrogen-bond acceptors (Lipinski definition) is 2. The lowest BCUT2D eigenvalue weighted by Crippen LogP contribution is -2.51. The third-order valence-corrected chi connectivity index (χ3v) is 3.20. The molecule has 6 heteroatoms. The molecule has 4 N–H and O–H groups in total. The Hall–Kier alpha value is -2.11. The van der Waals surface area contributed by atoms with Crippen molar-refractivity contribution in [2.24, 2.45) is 11.7 Å². The highest BCUT2D eigenvalue weighted by Crippen LogP contribution is 2.09. The standard InChI is InChI=1S/C14H20FN3O2/c1-3-9(2)12(18-14(16)20)13(19)17-8-10-6-4-5-7-11(10)15/h4-7,9,12H,3,8H2,1-2H3,(H,17,19)(H3,16,18,20). The molecule has 0 bridgehead atoms. The minimum atomic E-state index is -0.753. The molecule has 1 aromatic rings. The monoisotopic (exact) mass is 281 g/mol. The molecule has 110 valence electrons. The largest absolute Gasteiger partial charge is 0.352 e. The van der Waals surface area contributed by atoms with Crippen LogP contribution in [-0.4, -0.2) is 18.0 Å². The molecule has 0 aliphatic heterocycles. The van der Waals surface area contributed by atoms with Gasteiger partial charge in [-0.05, 0) is 12.0 Å². The van der Waals surface area contributed by atoms with Gasteiger partial charge in [0.2, 0.25) is 5.91 Å². The second-order valence-corrected chi connectivity index (χ2v) is 4.68. The van der Waals surface area contributed by atoms with Gasteiger partial charge in [0.1, 0.15) is 11.9 Å². The highest BCUT2D eigenvalue weighted by Gasteiger charge is 2.24. The number of amides is 3. The van der Waals surface area contributed by atoms with Crippen LogP contribution in [0.3, 0.4) is 0 Å². The average Bonchev–Trinajstić information content (AvgIpc) is 2.42. The topological polar surface area (TPSA) is 84.2 Å². The summed E-state index contributed by atoms with van der Waals surface area (Å²) in [6.07, 6.45) is 0.706. The van der Waals surface area contributed by atoms with Crippen LogP contribution >= 0.6 is 0 Å². The van der Waals surface area contributed by atoms with Gasteiger partial charge in [-0.25, -0.2) is 9.18 Å². The van der Waals surface area contributed by atoms with Crippen LogP contribution in [0.4, 0.5) is 9.18 Å². The van der Waals surface area contributed by atoms with Crippen LogP contribution in [0.2, 0.25) is 0 Å². The molecule has 3 amide bonds. The van der Waals surface area contributed by atoms with Crippen LogP contribution < -0.4 is 16.4 Å². The zero-order valence-electron chi connectivity index (χ0n) is 11.7. The fourth-order valence-electron chi connectivity index (χ4n) is 1.79. The molecule has 1 aromatic carbocycles. The van der Waals surface area contributed by atoms with Gasteiger partial charge in [0, 0.05) is 12.1 Å². The number of hydrogen-bond donors (Lipinski definition) is 3. The van der Waals surface area contributed by atoms with Crippen molar-refractivity contribution in [3.63, 3.8) is 0 Å². The maximum absolute atomic E-state index is 13.4. The van der Waals surface area contributed by atoms with Crippen LogP contribution in [0.1, 0.15) is 25.8 Å². The van der Waals surface area contributed by atoms with E-state index >= 15 is 0 Å². The van der Waals surface area contributed by atoms with E-state index < -0.39 is 12.1 Å². The van der Waals surface area contributed by atoms with E-state index in [-0.39, 0.29) is 24.2 Å². The van der Waals surface area contributed by atoms with Crippen LogP contribution in [0, 0.1) is 11.7 Å². The molecule has 5 nitrogen and oxygen atoms in total. The van der Waals surface area contributed by atoms with Crippen molar-refractivity contribution in [1.29, 1.82) is 0 Å². The summed E-state index contributed by atoms with van der Waals surface area (Å²) in [5.41, 5.74) is 5.46. The SMILES string of the molecule is CCC(C)C(NC(N)=O)C(=O)NCc1ccccc1F. The molecule has 0 saturated heterocycles. The van der Waals surface area contributed by atoms with Crippen LogP contribution in [0.5, 0.6) is 0 Å². The Morgan fingerprint density at radius 1 is 1.35 bits per heavy atom. The molecule has 2 unspecified atom stereocenters. The molecule has 0 aromatic heterocycles. The predicted octanol–water partition coefficient (Wildman–Crippen LogP) is 1.52. The first-order valence-electron chi connectivity index (χ1n) is 6.52. The highest BCUT2D eigenvalue weighted by molar-refractivity contribution is 5.86. The van der Waals surface area contributed by atoms with Gasteiger partial charge in [0.25, 0.3) is 0 Å². The van der Waals surface area contributed by atoms with Crippen molar-refractivity contribution in [2.75, 3.05) is 0 Å². The number of nitrogens with one attached hydrogen (secondary N) is 2. The smallest absolute Gasteiger partial charge is 0.312 e. The molecular formula is C14H20FN3O2. The Morgan fingerprint density at radius 3 is 2.55 bits per heavy atom. The summed E-state index contributed by atoms with van der Waals surface area (Å²) in [6.45, 7) is 3.81. The zero-order valence-corrected chi connectivity index (χ0v) is 11.7. The van der Waals surface area contributed by atoms with E-state index in [1.807, 2.05) is 13.8 Å². The van der Waals surface area contributed by atoms with Gasteiger partial charge in [-0.2, -0.15) is 0 Å². The number of primary amides is 1. The predicted molar refractivity (Wildman–Crippen MR) is 74.2 cm³/mol. The molecule has 0 aliphatic carbocycles. The Kier molecular flexibility index (Phi) is 5.96. The summed E-state index contributed by atoms with van der Waals surface area (Å²) >= 11 is 0. The van der Waals surface area contributed by atoms with Gasteiger partial charge in [0.05, 0.1) is 0 Å². The lowest BCUT2D eigenvalue weighted by atomic mass is 9.98. The number of rotatable bonds is 6. The molecular weight excluding hydrogens is 261 g/mol. The van der Waals surface area contributed by atoms with Gasteiger partial charge in [-0.1, -0.05) is 38.5 Å². The first-order chi connectivity index (χ1) is 9.45. The van der Waals surface area contributed by atoms with E-state index in [9.17, 15) is 14.0 Å². The van der Waals surface area contributed by atoms with E-state index in [4.69, 9.17) is 5.73 Å². The molecule has 2 atom stereocenters. The number of urea groups is 1. The van der Waals surface area contributed by atoms with Crippen LogP contribution in [-0.2, 0) is 11.3 Å². The third kappa shape index (κ3) is 4.53. The number of nitrogens with two attached hydrogens (primary N) is 1. The quantitative estimate of drug-likeness (QED) is 0.738. The third-order valence-electron chi connectivity index (χ3n) is 3.20. The normalized spacial score (nSPS) is 13.3. The maximum Gasteiger partial charge on any atom is 0.312 e. The van der Waals surface area contributed by atoms with E-state index in [1.54, 1.807) is 18.2 Å². The lowest BCUT2D eigenvalue weighted by molar-refractivity contribution is -0.124. The lowest BCUT2D eigenvalue weighted by Gasteiger charge is -2.22. The van der Waals surface area contributed by atoms with E-state index in [2.05, 4.69) is 10.6 Å². The fourth-order valence-corrected chi connectivity index (χ4v) is 1.79. The highest BCUT2D eigenvalue weighted by atomic mass is 19.1. The van der Waals surface area contributed by atoms with Crippen molar-refractivity contribution >= 4 is 11.9 Å². The minimum Gasteiger partial charge on any atom is -0.352 e. The first-order valence-corrected chi connectivity index (χ1v) is 6.52. The van der Waals surface area contributed by atoms with Crippen molar-refractivity contribution in [3.05, 3.63) is 35.6 Å². The summed E-state index contributed by atoms with van der Waals surface area (Å²) in [7, 11) is 0. The molecule has 0 spiro atoms. The van der Waals surface area contributed by atoms with Crippen molar-refractivity contribution in [1.82, 2.24) is 10.6 Å². The average molecular weight is 281 g/mol. The first kappa shape index (κ1) is 15.9. The summed E-state index contributed by atoms with van der Waals surface area (Å²) in [4.78, 5) is 23.0. The van der Waals surface area contributed by atoms with E-state index in [1.165, 1.54) is 6.07 Å². The number of benzene rings is 1. The van der Waals surface area contributed by atoms with E-state index in [0.717, 1.165) is 0 Å². The molecule has 0 radical (unpaired) electrons. The van der Waals surface area contributed by atoms with Crippen molar-refractivity contribution in [3.8, 4) is 0 Å². The minimum absolute atomic E-state index is 0.0666. The second kappa shape index (κ2) is 7.47. The maximum atomic E-state index is 13.4. The molecule has 0 aliphatic rings. The molecule has 1 rings (SSSR count). The summed E-state index contributed by atoms with van der Waals surface area (Å²) < 4.78 is 13.4. The van der Waals surface area contributed by atoms with Gasteiger partial charge < -0.3 is 16.4 Å². The Morgan fingerprint density at radius 2 is 2.00 bits per heavy atom. The van der Waals surface area contributed by atoms with E-state index in [0.29, 0.717) is 12.0 Å². The van der Waals surface area contributed by atoms with Crippen LogP contribution in [0.25, 0.3) is 0 Å². The Balaban J connectivity index is 2.67. The summed E-state index contributed by atoms with van der Waals surface area (Å²) in [5, 5.41) is 5.03. The van der Waals surface area contributed by atoms with Crippen molar-refractivity contribution in [2.45, 2.75) is 32.9 Å². The Labute approximate surface area is 117 Å². The zero-order chi connectivity index (χ0) is 15.1. The number of carbonyl (C=O) groups excluding carboxylic acids is 2. The fraction of sp³-hybridized carbons (Fsp3) is 0.429. The van der Waals surface area contributed by atoms with Gasteiger partial charge in [-0.3, -0.25) is 4.79 Å². The summed E-state index contributed by atoms with van der Waals surface area (Å²) in [6, 6.07) is 4.72. The molecule has 20 heavy (non-hydrogen) atoms. The molecule has 0 heterocycles. The van der Waals surface area contributed by atoms with Gasteiger partial charge in [-0.15, -0.1) is 0 Å². The summed E-state index contributed by atoms with van der Waals surface area (Å²) in [5.74, 6) is -0.819. The number of halogens is 1. The Bertz CT molecular complexity index is 479. The molecule has 0 saturated carbocycles. The van der Waals surface area contributed by atoms with Crippen LogP contribution in [0.15, 0.2) is 24.3 Å².